The molecule has 0 aliphatic carbocycles. The molecule has 6 heterocycles. The van der Waals surface area contributed by atoms with Crippen LogP contribution in [0.15, 0.2) is 36.5 Å². The molecule has 12 nitrogen and oxygen atoms in total. The van der Waals surface area contributed by atoms with Crippen LogP contribution in [0.3, 0.4) is 0 Å². The molecular weight excluding hydrogens is 536 g/mol. The zero-order chi connectivity index (χ0) is 26.2. The second-order valence-corrected chi connectivity index (χ2v) is 12.1. The summed E-state index contributed by atoms with van der Waals surface area (Å²) in [5.74, 6) is 0. The zero-order valence-electron chi connectivity index (χ0n) is 20.1. The number of aliphatic hydroxyl groups is 1. The molecule has 2 saturated heterocycles. The number of aliphatic hydroxyl groups excluding tert-OH is 1. The molecule has 1 aromatic carbocycles. The maximum absolute atomic E-state index is 11.8. The summed E-state index contributed by atoms with van der Waals surface area (Å²) < 4.78 is 43.9. The van der Waals surface area contributed by atoms with Crippen LogP contribution in [0.25, 0.3) is 28.1 Å². The van der Waals surface area contributed by atoms with Crippen molar-refractivity contribution in [2.24, 2.45) is 0 Å². The summed E-state index contributed by atoms with van der Waals surface area (Å²) in [4.78, 5) is 12.2. The van der Waals surface area contributed by atoms with Crippen molar-refractivity contribution in [1.82, 2.24) is 29.0 Å². The average molecular weight is 559 g/mol. The third-order valence-electron chi connectivity index (χ3n) is 7.07. The van der Waals surface area contributed by atoms with Crippen molar-refractivity contribution in [2.45, 2.75) is 37.5 Å². The number of halogens is 1. The molecule has 0 amide bonds. The molecule has 7 rings (SSSR count). The van der Waals surface area contributed by atoms with Gasteiger partial charge < -0.3 is 24.3 Å². The Bertz CT molecular complexity index is 1630. The van der Waals surface area contributed by atoms with Crippen molar-refractivity contribution in [3.05, 3.63) is 52.8 Å². The van der Waals surface area contributed by atoms with E-state index in [1.807, 2.05) is 30.5 Å². The Morgan fingerprint density at radius 1 is 1.13 bits per heavy atom. The van der Waals surface area contributed by atoms with Gasteiger partial charge in [0.25, 0.3) is 6.01 Å². The molecular formula is C24H23ClN6O6S. The standard InChI is InChI=1S/C24H23ClN6O6S/c1-38(33,34)30-7-13-8-31(29-17(13)9-30)14-4-2-12(3-5-14)20-15(25)6-16-23(27-20)28-24(26-16)37-19-11-36-21-18(32)10-35-22(19)21/h2-6,8,18-19,21-22,32H,7,9-11H2,1H3,(H,26,27,28)/t18-,19-,21-,22?/m1/s1. The van der Waals surface area contributed by atoms with Crippen molar-refractivity contribution in [3.63, 3.8) is 0 Å². The fourth-order valence-electron chi connectivity index (χ4n) is 5.10. The second-order valence-electron chi connectivity index (χ2n) is 9.68. The Labute approximate surface area is 222 Å². The number of nitrogens with one attached hydrogen (secondary N) is 1. The van der Waals surface area contributed by atoms with Crippen LogP contribution in [0.5, 0.6) is 6.01 Å². The van der Waals surface area contributed by atoms with Crippen LogP contribution in [0.1, 0.15) is 11.3 Å². The zero-order valence-corrected chi connectivity index (χ0v) is 21.7. The van der Waals surface area contributed by atoms with E-state index in [-0.39, 0.29) is 25.3 Å². The van der Waals surface area contributed by atoms with E-state index < -0.39 is 28.3 Å². The van der Waals surface area contributed by atoms with Gasteiger partial charge in [-0.1, -0.05) is 23.7 Å². The van der Waals surface area contributed by atoms with Gasteiger partial charge in [-0.2, -0.15) is 14.4 Å². The van der Waals surface area contributed by atoms with E-state index in [1.165, 1.54) is 10.6 Å². The smallest absolute Gasteiger partial charge is 0.296 e. The maximum atomic E-state index is 11.8. The molecule has 0 saturated carbocycles. The number of sulfonamides is 1. The number of rotatable bonds is 5. The lowest BCUT2D eigenvalue weighted by atomic mass is 10.1. The lowest BCUT2D eigenvalue weighted by Crippen LogP contribution is -2.34. The number of hydrogen-bond acceptors (Lipinski definition) is 9. The summed E-state index contributed by atoms with van der Waals surface area (Å²) in [5, 5.41) is 14.9. The fraction of sp³-hybridized carbons (Fsp3) is 0.375. The Morgan fingerprint density at radius 3 is 2.68 bits per heavy atom. The van der Waals surface area contributed by atoms with E-state index in [1.54, 1.807) is 10.7 Å². The number of imidazole rings is 1. The first-order valence-electron chi connectivity index (χ1n) is 12.0. The monoisotopic (exact) mass is 558 g/mol. The Morgan fingerprint density at radius 2 is 1.92 bits per heavy atom. The minimum Gasteiger partial charge on any atom is -0.456 e. The quantitative estimate of drug-likeness (QED) is 0.373. The van der Waals surface area contributed by atoms with Crippen LogP contribution >= 0.6 is 11.6 Å². The Kier molecular flexibility index (Phi) is 5.51. The number of H-pyrrole nitrogens is 1. The van der Waals surface area contributed by atoms with Gasteiger partial charge in [0.15, 0.2) is 11.8 Å². The number of hydrogen-bond donors (Lipinski definition) is 2. The van der Waals surface area contributed by atoms with E-state index in [9.17, 15) is 13.5 Å². The third-order valence-corrected chi connectivity index (χ3v) is 8.56. The normalized spacial score (nSPS) is 25.2. The SMILES string of the molecule is CS(=O)(=O)N1Cc2cn(-c3ccc(-c4nc5nc(O[C@@H]6CO[C@H]7C6OC[C@H]7O)[nH]c5cc4Cl)cc3)nc2C1. The van der Waals surface area contributed by atoms with Crippen molar-refractivity contribution in [2.75, 3.05) is 19.5 Å². The minimum atomic E-state index is -3.25. The number of nitrogens with zero attached hydrogens (tertiary/aromatic N) is 5. The minimum absolute atomic E-state index is 0.221. The number of fused-ring (bicyclic) bond motifs is 3. The number of pyridine rings is 1. The predicted octanol–water partition coefficient (Wildman–Crippen LogP) is 1.65. The van der Waals surface area contributed by atoms with E-state index in [4.69, 9.17) is 25.8 Å². The van der Waals surface area contributed by atoms with Gasteiger partial charge in [0.1, 0.15) is 18.3 Å². The summed E-state index contributed by atoms with van der Waals surface area (Å²) in [7, 11) is -3.25. The van der Waals surface area contributed by atoms with Crippen LogP contribution in [-0.2, 0) is 32.6 Å². The van der Waals surface area contributed by atoms with Gasteiger partial charge in [0, 0.05) is 23.9 Å². The van der Waals surface area contributed by atoms with Crippen molar-refractivity contribution in [3.8, 4) is 23.0 Å². The number of benzene rings is 1. The van der Waals surface area contributed by atoms with E-state index >= 15 is 0 Å². The van der Waals surface area contributed by atoms with Crippen LogP contribution in [-0.4, -0.2) is 86.4 Å². The highest BCUT2D eigenvalue weighted by Crippen LogP contribution is 2.33. The van der Waals surface area contributed by atoms with Crippen LogP contribution < -0.4 is 4.74 Å². The molecule has 3 aliphatic heterocycles. The van der Waals surface area contributed by atoms with Gasteiger partial charge in [0.2, 0.25) is 10.0 Å². The molecule has 3 aromatic heterocycles. The van der Waals surface area contributed by atoms with Crippen LogP contribution in [0, 0.1) is 0 Å². The van der Waals surface area contributed by atoms with Crippen molar-refractivity contribution >= 4 is 32.8 Å². The van der Waals surface area contributed by atoms with Gasteiger partial charge in [-0.05, 0) is 18.2 Å². The lowest BCUT2D eigenvalue weighted by Gasteiger charge is -2.15. The molecule has 4 aromatic rings. The molecule has 0 spiro atoms. The molecule has 198 valence electrons. The first kappa shape index (κ1) is 24.0. The first-order chi connectivity index (χ1) is 18.2. The molecule has 14 heteroatoms. The van der Waals surface area contributed by atoms with Gasteiger partial charge in [-0.3, -0.25) is 0 Å². The highest BCUT2D eigenvalue weighted by molar-refractivity contribution is 7.88. The molecule has 2 fully saturated rings. The molecule has 0 bridgehead atoms. The Hall–Kier alpha value is -3.07. The molecule has 1 unspecified atom stereocenters. The lowest BCUT2D eigenvalue weighted by molar-refractivity contribution is 0.00706. The summed E-state index contributed by atoms with van der Waals surface area (Å²) in [5.41, 5.74) is 4.92. The summed E-state index contributed by atoms with van der Waals surface area (Å²) in [6.45, 7) is 1.12. The number of ether oxygens (including phenoxy) is 3. The molecule has 0 radical (unpaired) electrons. The molecule has 2 N–H and O–H groups in total. The average Bonchev–Trinajstić information content (AvgIpc) is 3.67. The number of aromatic amines is 1. The molecule has 38 heavy (non-hydrogen) atoms. The summed E-state index contributed by atoms with van der Waals surface area (Å²) in [6, 6.07) is 9.62. The third kappa shape index (κ3) is 4.06. The fourth-order valence-corrected chi connectivity index (χ4v) is 6.10. The second kappa shape index (κ2) is 8.73. The van der Waals surface area contributed by atoms with Gasteiger partial charge >= 0.3 is 0 Å². The van der Waals surface area contributed by atoms with Crippen molar-refractivity contribution < 1.29 is 27.7 Å². The topological polar surface area (TPSA) is 145 Å². The summed E-state index contributed by atoms with van der Waals surface area (Å²) >= 11 is 6.57. The molecule has 4 atom stereocenters. The van der Waals surface area contributed by atoms with E-state index in [0.717, 1.165) is 22.5 Å². The highest BCUT2D eigenvalue weighted by Gasteiger charge is 2.48. The largest absolute Gasteiger partial charge is 0.456 e. The number of aromatic nitrogens is 5. The van der Waals surface area contributed by atoms with E-state index in [2.05, 4.69) is 20.1 Å². The van der Waals surface area contributed by atoms with Crippen LogP contribution in [0.2, 0.25) is 5.02 Å². The van der Waals surface area contributed by atoms with Crippen LogP contribution in [0.4, 0.5) is 0 Å². The van der Waals surface area contributed by atoms with Gasteiger partial charge in [0.05, 0.1) is 53.6 Å². The van der Waals surface area contributed by atoms with Crippen molar-refractivity contribution in [1.29, 1.82) is 0 Å². The maximum Gasteiger partial charge on any atom is 0.296 e. The predicted molar refractivity (Wildman–Crippen MR) is 135 cm³/mol. The first-order valence-corrected chi connectivity index (χ1v) is 14.2. The highest BCUT2D eigenvalue weighted by atomic mass is 35.5. The summed E-state index contributed by atoms with van der Waals surface area (Å²) in [6.07, 6.45) is 1.27. The Balaban J connectivity index is 1.10. The van der Waals surface area contributed by atoms with E-state index in [0.29, 0.717) is 35.0 Å². The van der Waals surface area contributed by atoms with Gasteiger partial charge in [-0.15, -0.1) is 0 Å². The van der Waals surface area contributed by atoms with Gasteiger partial charge in [-0.25, -0.2) is 18.1 Å². The molecule has 3 aliphatic rings.